The van der Waals surface area contributed by atoms with Crippen LogP contribution in [-0.4, -0.2) is 20.9 Å². The van der Waals surface area contributed by atoms with Crippen molar-refractivity contribution in [1.82, 2.24) is 9.97 Å². The van der Waals surface area contributed by atoms with Crippen molar-refractivity contribution in [2.45, 2.75) is 93.4 Å². The van der Waals surface area contributed by atoms with Crippen LogP contribution in [0.25, 0.3) is 44.3 Å². The minimum atomic E-state index is -0.337. The van der Waals surface area contributed by atoms with Gasteiger partial charge in [0.25, 0.3) is 0 Å². The van der Waals surface area contributed by atoms with Crippen molar-refractivity contribution in [2.75, 3.05) is 0 Å². The molecule has 0 amide bonds. The first-order chi connectivity index (χ1) is 21.8. The summed E-state index contributed by atoms with van der Waals surface area (Å²) in [6.07, 6.45) is 10.0. The number of rotatable bonds is 9. The van der Waals surface area contributed by atoms with Gasteiger partial charge in [-0.15, -0.1) is 29.1 Å². The Morgan fingerprint density at radius 3 is 2.15 bits per heavy atom. The van der Waals surface area contributed by atoms with Gasteiger partial charge in [-0.1, -0.05) is 97.5 Å². The summed E-state index contributed by atoms with van der Waals surface area (Å²) in [7, 11) is 0. The largest absolute Gasteiger partial charge is 0.512 e. The van der Waals surface area contributed by atoms with Gasteiger partial charge in [0.05, 0.1) is 18.2 Å². The molecule has 0 saturated carbocycles. The van der Waals surface area contributed by atoms with Crippen molar-refractivity contribution in [3.05, 3.63) is 96.7 Å². The molecule has 0 aliphatic rings. The van der Waals surface area contributed by atoms with Gasteiger partial charge in [-0.25, -0.2) is 0 Å². The van der Waals surface area contributed by atoms with Crippen molar-refractivity contribution in [3.63, 3.8) is 0 Å². The standard InChI is InChI=1S/C26H21N2O.C15H28O2.Ir/c1-26(2,3)22-13-20(12-17-6-4-5-7-21(17)22)24-14-18(8-10-27-24)23-15-19-9-11-29-25(19)16-28-23;1-7-14(5,8-2)12(16)11-13(17)15(6,9-3)10-4;/h4-11,13-16H,1-3H3;11,16H,7-10H2,1-6H3;/q-1;;/b;12-11-;. The minimum Gasteiger partial charge on any atom is -0.512 e. The number of furan rings is 1. The van der Waals surface area contributed by atoms with Gasteiger partial charge in [0, 0.05) is 54.3 Å². The molecule has 0 bridgehead atoms. The second-order valence-corrected chi connectivity index (χ2v) is 13.8. The summed E-state index contributed by atoms with van der Waals surface area (Å²) in [5.74, 6) is 0.286. The van der Waals surface area contributed by atoms with Crippen LogP contribution in [0, 0.1) is 16.9 Å². The van der Waals surface area contributed by atoms with Crippen LogP contribution in [0.2, 0.25) is 0 Å². The van der Waals surface area contributed by atoms with E-state index in [1.807, 2.05) is 65.9 Å². The fraction of sp³-hybridized carbons (Fsp3) is 0.390. The molecule has 0 aliphatic carbocycles. The Morgan fingerprint density at radius 2 is 1.51 bits per heavy atom. The molecule has 6 heteroatoms. The topological polar surface area (TPSA) is 76.2 Å². The van der Waals surface area contributed by atoms with Crippen molar-refractivity contribution in [2.24, 2.45) is 10.8 Å². The molecule has 2 aromatic carbocycles. The number of hydrogen-bond donors (Lipinski definition) is 1. The zero-order valence-corrected chi connectivity index (χ0v) is 31.7. The molecule has 0 fully saturated rings. The molecule has 47 heavy (non-hydrogen) atoms. The van der Waals surface area contributed by atoms with Crippen LogP contribution in [-0.2, 0) is 30.3 Å². The third-order valence-electron chi connectivity index (χ3n) is 9.86. The number of carbonyl (C=O) groups is 1. The van der Waals surface area contributed by atoms with Crippen LogP contribution in [0.5, 0.6) is 0 Å². The maximum absolute atomic E-state index is 12.2. The molecule has 3 heterocycles. The molecule has 5 aromatic rings. The molecule has 1 radical (unpaired) electrons. The Morgan fingerprint density at radius 1 is 0.851 bits per heavy atom. The third kappa shape index (κ3) is 8.47. The quantitative estimate of drug-likeness (QED) is 0.0912. The van der Waals surface area contributed by atoms with Gasteiger partial charge in [0.15, 0.2) is 11.4 Å². The summed E-state index contributed by atoms with van der Waals surface area (Å²) in [4.78, 5) is 21.4. The van der Waals surface area contributed by atoms with Gasteiger partial charge in [0.2, 0.25) is 0 Å². The Hall–Kier alpha value is -3.60. The van der Waals surface area contributed by atoms with E-state index in [9.17, 15) is 9.90 Å². The normalized spacial score (nSPS) is 12.4. The smallest absolute Gasteiger partial charge is 0.164 e. The molecule has 251 valence electrons. The predicted molar refractivity (Wildman–Crippen MR) is 191 cm³/mol. The van der Waals surface area contributed by atoms with Gasteiger partial charge in [0.1, 0.15) is 5.76 Å². The van der Waals surface area contributed by atoms with Gasteiger partial charge >= 0.3 is 0 Å². The van der Waals surface area contributed by atoms with E-state index < -0.39 is 0 Å². The number of ketones is 1. The van der Waals surface area contributed by atoms with E-state index in [0.29, 0.717) is 0 Å². The number of benzene rings is 2. The molecule has 0 atom stereocenters. The number of allylic oxidation sites excluding steroid dienone is 2. The number of nitrogens with zero attached hydrogens (tertiary/aromatic N) is 2. The molecule has 1 N–H and O–H groups in total. The average Bonchev–Trinajstić information content (AvgIpc) is 3.55. The molecular weight excluding hydrogens is 761 g/mol. The molecule has 3 aromatic heterocycles. The summed E-state index contributed by atoms with van der Waals surface area (Å²) in [6.45, 7) is 18.8. The summed E-state index contributed by atoms with van der Waals surface area (Å²) in [5, 5.41) is 13.5. The molecule has 5 rings (SSSR count). The van der Waals surface area contributed by atoms with Crippen molar-refractivity contribution >= 4 is 27.5 Å². The second kappa shape index (κ2) is 15.5. The number of aliphatic hydroxyl groups excluding tert-OH is 1. The van der Waals surface area contributed by atoms with Gasteiger partial charge < -0.3 is 9.52 Å². The van der Waals surface area contributed by atoms with Crippen molar-refractivity contribution < 1.29 is 34.4 Å². The van der Waals surface area contributed by atoms with E-state index in [-0.39, 0.29) is 47.9 Å². The van der Waals surface area contributed by atoms with Gasteiger partial charge in [-0.3, -0.25) is 14.8 Å². The Labute approximate surface area is 294 Å². The summed E-state index contributed by atoms with van der Waals surface area (Å²) in [5.41, 5.74) is 5.33. The van der Waals surface area contributed by atoms with Crippen molar-refractivity contribution in [1.29, 1.82) is 0 Å². The minimum absolute atomic E-state index is 0. The maximum Gasteiger partial charge on any atom is 0.164 e. The molecule has 0 saturated heterocycles. The SMILES string of the molecule is CC(C)(C)c1cc(-c2cc(-c3cc4ccoc4cn3)ccn2)[c-]c2ccccc12.CCC(C)(CC)C(=O)/C=C(\O)C(C)(CC)CC.[Ir]. The second-order valence-electron chi connectivity index (χ2n) is 13.8. The van der Waals surface area contributed by atoms with E-state index in [1.54, 1.807) is 12.5 Å². The first-order valence-corrected chi connectivity index (χ1v) is 16.5. The number of carbonyl (C=O) groups excluding carboxylic acids is 1. The van der Waals surface area contributed by atoms with E-state index >= 15 is 0 Å². The first-order valence-electron chi connectivity index (χ1n) is 16.5. The van der Waals surface area contributed by atoms with Crippen molar-refractivity contribution in [3.8, 4) is 22.5 Å². The van der Waals surface area contributed by atoms with Crippen LogP contribution < -0.4 is 0 Å². The molecule has 0 aliphatic heterocycles. The fourth-order valence-corrected chi connectivity index (χ4v) is 5.43. The van der Waals surface area contributed by atoms with Crippen LogP contribution in [0.3, 0.4) is 0 Å². The van der Waals surface area contributed by atoms with Crippen LogP contribution in [0.4, 0.5) is 0 Å². The summed E-state index contributed by atoms with van der Waals surface area (Å²) in [6, 6.07) is 22.3. The Kier molecular flexibility index (Phi) is 12.5. The third-order valence-corrected chi connectivity index (χ3v) is 9.86. The number of hydrogen-bond acceptors (Lipinski definition) is 5. The van der Waals surface area contributed by atoms with E-state index in [0.717, 1.165) is 64.6 Å². The van der Waals surface area contributed by atoms with E-state index in [2.05, 4.69) is 73.2 Å². The van der Waals surface area contributed by atoms with E-state index in [1.165, 1.54) is 17.0 Å². The summed E-state index contributed by atoms with van der Waals surface area (Å²) >= 11 is 0. The van der Waals surface area contributed by atoms with Gasteiger partial charge in [-0.2, -0.15) is 0 Å². The van der Waals surface area contributed by atoms with Gasteiger partial charge in [-0.05, 0) is 54.9 Å². The zero-order chi connectivity index (χ0) is 33.7. The molecule has 5 nitrogen and oxygen atoms in total. The zero-order valence-electron chi connectivity index (χ0n) is 29.3. The summed E-state index contributed by atoms with van der Waals surface area (Å²) < 4.78 is 5.41. The van der Waals surface area contributed by atoms with Crippen LogP contribution in [0.15, 0.2) is 89.5 Å². The molecular formula is C41H49IrN2O3-. The van der Waals surface area contributed by atoms with E-state index in [4.69, 9.17) is 4.42 Å². The monoisotopic (exact) mass is 810 g/mol. The average molecular weight is 810 g/mol. The molecule has 0 spiro atoms. The molecule has 0 unspecified atom stereocenters. The predicted octanol–water partition coefficient (Wildman–Crippen LogP) is 11.5. The number of aliphatic hydroxyl groups is 1. The van der Waals surface area contributed by atoms with Crippen LogP contribution >= 0.6 is 0 Å². The number of fused-ring (bicyclic) bond motifs is 2. The maximum atomic E-state index is 12.2. The number of pyridine rings is 2. The Bertz CT molecular complexity index is 1840. The first kappa shape index (κ1) is 37.9. The van der Waals surface area contributed by atoms with Crippen LogP contribution in [0.1, 0.15) is 93.6 Å². The fourth-order valence-electron chi connectivity index (χ4n) is 5.43. The Balaban J connectivity index is 0.000000290. The number of aromatic nitrogens is 2.